The van der Waals surface area contributed by atoms with Crippen molar-refractivity contribution >= 4 is 20.2 Å². The molecule has 0 amide bonds. The Bertz CT molecular complexity index is 642. The summed E-state index contributed by atoms with van der Waals surface area (Å²) in [6.45, 7) is 20.8. The van der Waals surface area contributed by atoms with E-state index < -0.39 is 57.8 Å². The van der Waals surface area contributed by atoms with Crippen LogP contribution in [-0.2, 0) is 20.2 Å². The molecule has 0 saturated heterocycles. The van der Waals surface area contributed by atoms with E-state index in [1.165, 1.54) is 0 Å². The molecule has 0 radical (unpaired) electrons. The second-order valence-corrected chi connectivity index (χ2v) is 15.5. The first kappa shape index (κ1) is 26.8. The fourth-order valence-corrected chi connectivity index (χ4v) is 11.0. The van der Waals surface area contributed by atoms with E-state index in [4.69, 9.17) is 0 Å². The highest BCUT2D eigenvalue weighted by Crippen LogP contribution is 2.61. The van der Waals surface area contributed by atoms with Gasteiger partial charge in [0.15, 0.2) is 0 Å². The zero-order chi connectivity index (χ0) is 22.7. The maximum Gasteiger partial charge on any atom is 0.288 e. The molecule has 0 bridgehead atoms. The molecule has 0 aromatic rings. The van der Waals surface area contributed by atoms with E-state index in [0.717, 1.165) is 0 Å². The first-order chi connectivity index (χ1) is 11.2. The molecule has 0 aliphatic carbocycles. The summed E-state index contributed by atoms with van der Waals surface area (Å²) in [4.78, 5) is 0. The summed E-state index contributed by atoms with van der Waals surface area (Å²) in [6.07, 6.45) is 0. The van der Waals surface area contributed by atoms with Crippen LogP contribution in [-0.4, -0.2) is 30.0 Å². The smallest absolute Gasteiger partial charge is 0.284 e. The largest absolute Gasteiger partial charge is 0.288 e. The molecule has 6 nitrogen and oxygen atoms in total. The lowest BCUT2D eigenvalue weighted by atomic mass is 9.55. The molecule has 2 N–H and O–H groups in total. The number of hydrogen-bond donors (Lipinski definition) is 2. The van der Waals surface area contributed by atoms with Gasteiger partial charge in [-0.2, -0.15) is 16.8 Å². The van der Waals surface area contributed by atoms with Crippen LogP contribution in [0.3, 0.4) is 0 Å². The lowest BCUT2D eigenvalue weighted by Crippen LogP contribution is -2.68. The van der Waals surface area contributed by atoms with Gasteiger partial charge in [-0.25, -0.2) is 0 Å². The minimum absolute atomic E-state index is 0.862. The minimum atomic E-state index is -5.25. The molecule has 0 heterocycles. The van der Waals surface area contributed by atoms with Crippen molar-refractivity contribution < 1.29 is 25.9 Å². The zero-order valence-electron chi connectivity index (χ0n) is 19.0. The van der Waals surface area contributed by atoms with Gasteiger partial charge in [0.05, 0.1) is 0 Å². The van der Waals surface area contributed by atoms with Crippen molar-refractivity contribution in [2.45, 2.75) is 87.2 Å². The van der Waals surface area contributed by atoms with Crippen LogP contribution in [0.25, 0.3) is 0 Å². The second-order valence-electron chi connectivity index (χ2n) is 12.0. The average Bonchev–Trinajstić information content (AvgIpc) is 2.15. The first-order valence-electron chi connectivity index (χ1n) is 9.17. The molecule has 0 spiro atoms. The molecule has 0 aromatic carbocycles. The summed E-state index contributed by atoms with van der Waals surface area (Å²) < 4.78 is 70.1. The molecule has 0 unspecified atom stereocenters. The van der Waals surface area contributed by atoms with E-state index in [1.807, 2.05) is 0 Å². The van der Waals surface area contributed by atoms with Crippen LogP contribution in [0.1, 0.15) is 83.1 Å². The summed E-state index contributed by atoms with van der Waals surface area (Å²) in [7, 11) is -10.5. The molecule has 0 fully saturated rings. The van der Waals surface area contributed by atoms with E-state index in [1.54, 1.807) is 83.1 Å². The summed E-state index contributed by atoms with van der Waals surface area (Å²) in [6, 6.07) is 0. The van der Waals surface area contributed by atoms with Gasteiger partial charge in [0.25, 0.3) is 20.2 Å². The highest BCUT2D eigenvalue weighted by molar-refractivity contribution is 8.05. The Kier molecular flexibility index (Phi) is 6.91. The molecular formula is C19H40O6S2. The van der Waals surface area contributed by atoms with Crippen molar-refractivity contribution in [2.75, 3.05) is 0 Å². The van der Waals surface area contributed by atoms with Gasteiger partial charge in [-0.3, -0.25) is 9.11 Å². The zero-order valence-corrected chi connectivity index (χ0v) is 20.6. The van der Waals surface area contributed by atoms with Crippen LogP contribution in [0.2, 0.25) is 0 Å². The fraction of sp³-hybridized carbons (Fsp3) is 1.00. The molecule has 8 heteroatoms. The van der Waals surface area contributed by atoms with E-state index >= 15 is 0 Å². The topological polar surface area (TPSA) is 109 Å². The Labute approximate surface area is 167 Å². The molecular weight excluding hydrogens is 388 g/mol. The van der Waals surface area contributed by atoms with Crippen molar-refractivity contribution in [3.05, 3.63) is 0 Å². The lowest BCUT2D eigenvalue weighted by molar-refractivity contribution is -0.0128. The summed E-state index contributed by atoms with van der Waals surface area (Å²) >= 11 is 0. The standard InChI is InChI=1S/C19H40O6S2/c1-15(2,3)13(16(4,5)6)19(26(20,21)22,27(23,24)25)14(17(7,8)9)18(10,11)12/h13-14H,1-12H3,(H,20,21,22)(H,23,24,25). The highest BCUT2D eigenvalue weighted by atomic mass is 32.3. The predicted octanol–water partition coefficient (Wildman–Crippen LogP) is 4.88. The molecule has 0 rings (SSSR count). The van der Waals surface area contributed by atoms with Gasteiger partial charge in [-0.1, -0.05) is 83.1 Å². The average molecular weight is 429 g/mol. The molecule has 27 heavy (non-hydrogen) atoms. The Morgan fingerprint density at radius 1 is 0.481 bits per heavy atom. The maximum absolute atomic E-state index is 13.0. The molecule has 0 atom stereocenters. The van der Waals surface area contributed by atoms with E-state index in [2.05, 4.69) is 0 Å². The van der Waals surface area contributed by atoms with Crippen LogP contribution in [0, 0.1) is 33.5 Å². The highest BCUT2D eigenvalue weighted by Gasteiger charge is 2.72. The Morgan fingerprint density at radius 3 is 0.704 bits per heavy atom. The number of hydrogen-bond acceptors (Lipinski definition) is 4. The van der Waals surface area contributed by atoms with Gasteiger partial charge in [0.1, 0.15) is 0 Å². The molecule has 0 aromatic heterocycles. The summed E-state index contributed by atoms with van der Waals surface area (Å²) in [5, 5.41) is 0. The second kappa shape index (κ2) is 6.96. The van der Waals surface area contributed by atoms with Crippen molar-refractivity contribution in [3.8, 4) is 0 Å². The van der Waals surface area contributed by atoms with Crippen LogP contribution in [0.5, 0.6) is 0 Å². The quantitative estimate of drug-likeness (QED) is 0.618. The van der Waals surface area contributed by atoms with Crippen LogP contribution in [0.4, 0.5) is 0 Å². The van der Waals surface area contributed by atoms with Crippen LogP contribution >= 0.6 is 0 Å². The normalized spacial score (nSPS) is 16.3. The predicted molar refractivity (Wildman–Crippen MR) is 111 cm³/mol. The first-order valence-corrected chi connectivity index (χ1v) is 12.1. The molecule has 164 valence electrons. The molecule has 0 saturated carbocycles. The third-order valence-electron chi connectivity index (χ3n) is 5.08. The lowest BCUT2D eigenvalue weighted by Gasteiger charge is -2.57. The molecule has 0 aliphatic heterocycles. The van der Waals surface area contributed by atoms with E-state index in [-0.39, 0.29) is 0 Å². The van der Waals surface area contributed by atoms with Gasteiger partial charge in [-0.15, -0.1) is 0 Å². The summed E-state index contributed by atoms with van der Waals surface area (Å²) in [5.74, 6) is -2.21. The van der Waals surface area contributed by atoms with Gasteiger partial charge < -0.3 is 0 Å². The Hall–Kier alpha value is -0.180. The fourth-order valence-electron chi connectivity index (χ4n) is 5.91. The van der Waals surface area contributed by atoms with Gasteiger partial charge in [0.2, 0.25) is 4.08 Å². The van der Waals surface area contributed by atoms with Crippen LogP contribution < -0.4 is 0 Å². The van der Waals surface area contributed by atoms with Gasteiger partial charge in [0, 0.05) is 11.8 Å². The van der Waals surface area contributed by atoms with Crippen molar-refractivity contribution in [1.82, 2.24) is 0 Å². The van der Waals surface area contributed by atoms with Crippen molar-refractivity contribution in [1.29, 1.82) is 0 Å². The van der Waals surface area contributed by atoms with E-state index in [9.17, 15) is 25.9 Å². The van der Waals surface area contributed by atoms with Gasteiger partial charge >= 0.3 is 0 Å². The third-order valence-corrected chi connectivity index (χ3v) is 8.89. The van der Waals surface area contributed by atoms with E-state index in [0.29, 0.717) is 0 Å². The third kappa shape index (κ3) is 5.06. The van der Waals surface area contributed by atoms with Crippen molar-refractivity contribution in [2.24, 2.45) is 33.5 Å². The monoisotopic (exact) mass is 428 g/mol. The number of rotatable bonds is 4. The maximum atomic E-state index is 13.0. The Balaban J connectivity index is 8.02. The summed E-state index contributed by atoms with van der Waals surface area (Å²) in [5.41, 5.74) is -3.45. The van der Waals surface area contributed by atoms with Crippen LogP contribution in [0.15, 0.2) is 0 Å². The minimum Gasteiger partial charge on any atom is -0.284 e. The SMILES string of the molecule is CC(C)(C)C(C(C)(C)C)C(C(C(C)(C)C)C(C)(C)C)(S(=O)(=O)O)S(=O)(=O)O. The molecule has 0 aliphatic rings. The Morgan fingerprint density at radius 2 is 0.630 bits per heavy atom. The van der Waals surface area contributed by atoms with Crippen molar-refractivity contribution in [3.63, 3.8) is 0 Å². The van der Waals surface area contributed by atoms with Gasteiger partial charge in [-0.05, 0) is 21.7 Å².